The molecule has 0 aromatic rings. The molecule has 6 heteroatoms. The van der Waals surface area contributed by atoms with E-state index in [1.54, 1.807) is 4.90 Å². The van der Waals surface area contributed by atoms with Gasteiger partial charge in [0.1, 0.15) is 6.04 Å². The van der Waals surface area contributed by atoms with E-state index in [4.69, 9.17) is 5.11 Å². The highest BCUT2D eigenvalue weighted by Crippen LogP contribution is 2.10. The molecule has 0 bridgehead atoms. The third kappa shape index (κ3) is 4.85. The lowest BCUT2D eigenvalue weighted by atomic mass is 10.1. The lowest BCUT2D eigenvalue weighted by Gasteiger charge is -2.28. The molecule has 5 nitrogen and oxygen atoms in total. The Bertz CT molecular complexity index is 267. The third-order valence-electron chi connectivity index (χ3n) is 2.74. The van der Waals surface area contributed by atoms with E-state index in [2.05, 4.69) is 5.32 Å². The molecule has 2 N–H and O–H groups in total. The van der Waals surface area contributed by atoms with Crippen LogP contribution in [0.5, 0.6) is 0 Å². The van der Waals surface area contributed by atoms with Crippen LogP contribution in [0.2, 0.25) is 0 Å². The van der Waals surface area contributed by atoms with Gasteiger partial charge >= 0.3 is 12.0 Å². The van der Waals surface area contributed by atoms with Crippen molar-refractivity contribution < 1.29 is 14.7 Å². The highest BCUT2D eigenvalue weighted by Gasteiger charge is 2.23. The van der Waals surface area contributed by atoms with Crippen molar-refractivity contribution in [3.05, 3.63) is 0 Å². The molecule has 0 radical (unpaired) electrons. The summed E-state index contributed by atoms with van der Waals surface area (Å²) in [6.45, 7) is 3.41. The Labute approximate surface area is 106 Å². The summed E-state index contributed by atoms with van der Waals surface area (Å²) in [6, 6.07) is -0.995. The molecule has 17 heavy (non-hydrogen) atoms. The predicted octanol–water partition coefficient (Wildman–Crippen LogP) is 1.39. The summed E-state index contributed by atoms with van der Waals surface area (Å²) in [5.41, 5.74) is 0. The van der Waals surface area contributed by atoms with E-state index < -0.39 is 12.0 Å². The molecule has 1 rings (SSSR count). The molecule has 0 spiro atoms. The zero-order chi connectivity index (χ0) is 12.7. The predicted molar refractivity (Wildman–Crippen MR) is 68.4 cm³/mol. The lowest BCUT2D eigenvalue weighted by Crippen LogP contribution is -2.50. The largest absolute Gasteiger partial charge is 0.480 e. The second-order valence-electron chi connectivity index (χ2n) is 4.08. The molecule has 0 saturated carbocycles. The van der Waals surface area contributed by atoms with Gasteiger partial charge in [-0.3, -0.25) is 0 Å². The van der Waals surface area contributed by atoms with Gasteiger partial charge in [-0.05, 0) is 6.42 Å². The van der Waals surface area contributed by atoms with Crippen molar-refractivity contribution in [3.8, 4) is 0 Å². The minimum Gasteiger partial charge on any atom is -0.480 e. The van der Waals surface area contributed by atoms with Gasteiger partial charge in [0.2, 0.25) is 0 Å². The maximum absolute atomic E-state index is 11.8. The summed E-state index contributed by atoms with van der Waals surface area (Å²) in [5.74, 6) is 0.915. The van der Waals surface area contributed by atoms with Gasteiger partial charge in [-0.2, -0.15) is 11.8 Å². The van der Waals surface area contributed by atoms with Gasteiger partial charge in [-0.15, -0.1) is 0 Å². The second-order valence-corrected chi connectivity index (χ2v) is 5.31. The number of unbranched alkanes of at least 4 members (excludes halogenated alkanes) is 1. The molecule has 98 valence electrons. The van der Waals surface area contributed by atoms with Gasteiger partial charge in [0, 0.05) is 24.6 Å². The number of hydrogen-bond acceptors (Lipinski definition) is 3. The van der Waals surface area contributed by atoms with E-state index in [1.807, 2.05) is 18.7 Å². The van der Waals surface area contributed by atoms with Crippen molar-refractivity contribution in [3.63, 3.8) is 0 Å². The summed E-state index contributed by atoms with van der Waals surface area (Å²) in [5, 5.41) is 11.6. The normalized spacial score (nSPS) is 17.6. The van der Waals surface area contributed by atoms with Crippen molar-refractivity contribution in [2.75, 3.05) is 24.6 Å². The summed E-state index contributed by atoms with van der Waals surface area (Å²) in [4.78, 5) is 24.5. The van der Waals surface area contributed by atoms with E-state index in [-0.39, 0.29) is 6.03 Å². The Morgan fingerprint density at radius 2 is 2.06 bits per heavy atom. The van der Waals surface area contributed by atoms with E-state index in [0.717, 1.165) is 24.3 Å². The lowest BCUT2D eigenvalue weighted by molar-refractivity contribution is -0.139. The Morgan fingerprint density at radius 1 is 1.41 bits per heavy atom. The van der Waals surface area contributed by atoms with Crippen molar-refractivity contribution >= 4 is 23.8 Å². The van der Waals surface area contributed by atoms with Crippen LogP contribution < -0.4 is 5.32 Å². The molecule has 2 amide bonds. The second kappa shape index (κ2) is 7.42. The van der Waals surface area contributed by atoms with E-state index >= 15 is 0 Å². The molecule has 0 unspecified atom stereocenters. The molecule has 1 heterocycles. The molecular weight excluding hydrogens is 240 g/mol. The maximum atomic E-state index is 11.8. The molecule has 1 aliphatic rings. The average molecular weight is 260 g/mol. The summed E-state index contributed by atoms with van der Waals surface area (Å²) >= 11 is 1.82. The van der Waals surface area contributed by atoms with Crippen LogP contribution in [0.25, 0.3) is 0 Å². The minimum atomic E-state index is -0.946. The number of nitrogens with one attached hydrogen (secondary N) is 1. The monoisotopic (exact) mass is 260 g/mol. The Morgan fingerprint density at radius 3 is 2.59 bits per heavy atom. The number of carbonyl (C=O) groups is 2. The first kappa shape index (κ1) is 14.2. The van der Waals surface area contributed by atoms with E-state index in [0.29, 0.717) is 19.5 Å². The smallest absolute Gasteiger partial charge is 0.326 e. The first-order valence-corrected chi connectivity index (χ1v) is 7.16. The summed E-state index contributed by atoms with van der Waals surface area (Å²) in [6.07, 6.45) is 2.24. The van der Waals surface area contributed by atoms with Crippen LogP contribution in [0.3, 0.4) is 0 Å². The average Bonchev–Trinajstić information content (AvgIpc) is 2.35. The van der Waals surface area contributed by atoms with Crippen molar-refractivity contribution in [1.29, 1.82) is 0 Å². The number of nitrogens with zero attached hydrogens (tertiary/aromatic N) is 1. The standard InChI is InChI=1S/C11H20N2O3S/c1-2-3-4-9(10(14)15)12-11(16)13-5-7-17-8-6-13/h9H,2-8H2,1H3,(H,12,16)(H,14,15)/t9-/m0/s1. The number of aliphatic carboxylic acids is 1. The molecule has 0 aromatic carbocycles. The Kier molecular flexibility index (Phi) is 6.18. The summed E-state index contributed by atoms with van der Waals surface area (Å²) < 4.78 is 0. The SMILES string of the molecule is CCCC[C@H](NC(=O)N1CCSCC1)C(=O)O. The fourth-order valence-electron chi connectivity index (χ4n) is 1.67. The number of hydrogen-bond donors (Lipinski definition) is 2. The zero-order valence-electron chi connectivity index (χ0n) is 10.1. The fourth-order valence-corrected chi connectivity index (χ4v) is 2.58. The molecule has 1 fully saturated rings. The maximum Gasteiger partial charge on any atom is 0.326 e. The van der Waals surface area contributed by atoms with Crippen LogP contribution in [-0.4, -0.2) is 52.6 Å². The van der Waals surface area contributed by atoms with Gasteiger partial charge in [0.15, 0.2) is 0 Å². The molecule has 1 saturated heterocycles. The number of carboxylic acids is 1. The number of carboxylic acid groups (broad SMARTS) is 1. The van der Waals surface area contributed by atoms with Gasteiger partial charge in [0.05, 0.1) is 0 Å². The van der Waals surface area contributed by atoms with Crippen molar-refractivity contribution in [1.82, 2.24) is 10.2 Å². The Hall–Kier alpha value is -0.910. The number of thioether (sulfide) groups is 1. The van der Waals surface area contributed by atoms with E-state index in [1.165, 1.54) is 0 Å². The first-order chi connectivity index (χ1) is 8.15. The van der Waals surface area contributed by atoms with Crippen LogP contribution in [0.1, 0.15) is 26.2 Å². The molecule has 1 atom stereocenters. The number of amides is 2. The molecule has 0 aliphatic carbocycles. The van der Waals surface area contributed by atoms with Gasteiger partial charge < -0.3 is 15.3 Å². The van der Waals surface area contributed by atoms with Crippen LogP contribution in [-0.2, 0) is 4.79 Å². The van der Waals surface area contributed by atoms with Crippen LogP contribution in [0, 0.1) is 0 Å². The molecule has 0 aromatic heterocycles. The fraction of sp³-hybridized carbons (Fsp3) is 0.818. The van der Waals surface area contributed by atoms with Gasteiger partial charge in [0.25, 0.3) is 0 Å². The van der Waals surface area contributed by atoms with E-state index in [9.17, 15) is 9.59 Å². The summed E-state index contributed by atoms with van der Waals surface area (Å²) in [7, 11) is 0. The third-order valence-corrected chi connectivity index (χ3v) is 3.68. The molecular formula is C11H20N2O3S. The topological polar surface area (TPSA) is 69.6 Å². The van der Waals surface area contributed by atoms with Gasteiger partial charge in [-0.25, -0.2) is 9.59 Å². The van der Waals surface area contributed by atoms with Crippen LogP contribution in [0.15, 0.2) is 0 Å². The van der Waals surface area contributed by atoms with Crippen LogP contribution >= 0.6 is 11.8 Å². The number of rotatable bonds is 5. The minimum absolute atomic E-state index is 0.242. The van der Waals surface area contributed by atoms with Crippen molar-refractivity contribution in [2.45, 2.75) is 32.2 Å². The first-order valence-electron chi connectivity index (χ1n) is 6.01. The highest BCUT2D eigenvalue weighted by molar-refractivity contribution is 7.99. The zero-order valence-corrected chi connectivity index (χ0v) is 11.0. The Balaban J connectivity index is 2.42. The number of carbonyl (C=O) groups excluding carboxylic acids is 1. The highest BCUT2D eigenvalue weighted by atomic mass is 32.2. The van der Waals surface area contributed by atoms with Crippen molar-refractivity contribution in [2.24, 2.45) is 0 Å². The van der Waals surface area contributed by atoms with Gasteiger partial charge in [-0.1, -0.05) is 19.8 Å². The van der Waals surface area contributed by atoms with Crippen LogP contribution in [0.4, 0.5) is 4.79 Å². The molecule has 1 aliphatic heterocycles. The number of urea groups is 1. The quantitative estimate of drug-likeness (QED) is 0.783.